The van der Waals surface area contributed by atoms with E-state index < -0.39 is 0 Å². The summed E-state index contributed by atoms with van der Waals surface area (Å²) in [5, 5.41) is 0.840. The average Bonchev–Trinajstić information content (AvgIpc) is 3.07. The Morgan fingerprint density at radius 2 is 2.28 bits per heavy atom. The zero-order valence-corrected chi connectivity index (χ0v) is 11.7. The molecule has 0 amide bonds. The first-order valence-electron chi connectivity index (χ1n) is 6.48. The fourth-order valence-electron chi connectivity index (χ4n) is 1.74. The molecule has 0 atom stereocenters. The summed E-state index contributed by atoms with van der Waals surface area (Å²) in [6.07, 6.45) is 3.36. The molecule has 0 radical (unpaired) electrons. The van der Waals surface area contributed by atoms with Crippen molar-refractivity contribution >= 4 is 22.6 Å². The Hall–Kier alpha value is -1.17. The molecular formula is C12H19N3O2S. The number of aromatic nitrogens is 2. The van der Waals surface area contributed by atoms with E-state index >= 15 is 0 Å². The van der Waals surface area contributed by atoms with Crippen LogP contribution in [0.25, 0.3) is 0 Å². The predicted octanol–water partition coefficient (Wildman–Crippen LogP) is 2.20. The topological polar surface area (TPSA) is 55.3 Å². The molecular weight excluding hydrogens is 250 g/mol. The van der Waals surface area contributed by atoms with Crippen LogP contribution < -0.4 is 4.90 Å². The highest BCUT2D eigenvalue weighted by Gasteiger charge is 2.28. The van der Waals surface area contributed by atoms with Crippen LogP contribution in [0, 0.1) is 0 Å². The molecule has 0 aliphatic heterocycles. The predicted molar refractivity (Wildman–Crippen MR) is 71.0 cm³/mol. The molecule has 0 aromatic carbocycles. The van der Waals surface area contributed by atoms with Crippen LogP contribution in [0.1, 0.15) is 44.9 Å². The molecule has 0 unspecified atom stereocenters. The summed E-state index contributed by atoms with van der Waals surface area (Å²) < 4.78 is 9.35. The molecule has 0 spiro atoms. The summed E-state index contributed by atoms with van der Waals surface area (Å²) in [5.41, 5.74) is 0. The van der Waals surface area contributed by atoms with Crippen molar-refractivity contribution < 1.29 is 9.53 Å². The van der Waals surface area contributed by atoms with Crippen molar-refractivity contribution in [1.29, 1.82) is 0 Å². The van der Waals surface area contributed by atoms with Gasteiger partial charge in [-0.15, -0.1) is 0 Å². The summed E-state index contributed by atoms with van der Waals surface area (Å²) in [7, 11) is 0. The maximum atomic E-state index is 11.5. The second kappa shape index (κ2) is 6.13. The minimum absolute atomic E-state index is 0.200. The van der Waals surface area contributed by atoms with Gasteiger partial charge in [0.15, 0.2) is 0 Å². The first-order chi connectivity index (χ1) is 8.74. The van der Waals surface area contributed by atoms with Gasteiger partial charge in [0, 0.05) is 24.0 Å². The minimum atomic E-state index is -0.200. The normalized spacial score (nSPS) is 14.6. The highest BCUT2D eigenvalue weighted by atomic mass is 32.1. The SMILES string of the molecule is CCCN(CC(=O)OCC)c1nc(C2CC2)ns1. The number of rotatable bonds is 7. The molecule has 0 bridgehead atoms. The van der Waals surface area contributed by atoms with Crippen LogP contribution in [-0.2, 0) is 9.53 Å². The Morgan fingerprint density at radius 1 is 1.50 bits per heavy atom. The van der Waals surface area contributed by atoms with Gasteiger partial charge in [-0.05, 0) is 26.2 Å². The minimum Gasteiger partial charge on any atom is -0.465 e. The van der Waals surface area contributed by atoms with E-state index in [1.54, 1.807) is 0 Å². The van der Waals surface area contributed by atoms with Gasteiger partial charge in [-0.3, -0.25) is 4.79 Å². The molecule has 18 heavy (non-hydrogen) atoms. The van der Waals surface area contributed by atoms with E-state index in [0.29, 0.717) is 12.5 Å². The maximum Gasteiger partial charge on any atom is 0.325 e. The molecule has 5 nitrogen and oxygen atoms in total. The van der Waals surface area contributed by atoms with Crippen molar-refractivity contribution in [2.75, 3.05) is 24.6 Å². The van der Waals surface area contributed by atoms with Crippen LogP contribution in [-0.4, -0.2) is 35.0 Å². The van der Waals surface area contributed by atoms with Crippen molar-refractivity contribution in [3.63, 3.8) is 0 Å². The van der Waals surface area contributed by atoms with Crippen LogP contribution >= 0.6 is 11.5 Å². The highest BCUT2D eigenvalue weighted by Crippen LogP contribution is 2.39. The van der Waals surface area contributed by atoms with Gasteiger partial charge in [-0.2, -0.15) is 4.37 Å². The number of nitrogens with zero attached hydrogens (tertiary/aromatic N) is 3. The van der Waals surface area contributed by atoms with E-state index in [-0.39, 0.29) is 12.5 Å². The molecule has 6 heteroatoms. The van der Waals surface area contributed by atoms with Gasteiger partial charge in [-0.1, -0.05) is 6.92 Å². The molecule has 1 aromatic heterocycles. The summed E-state index contributed by atoms with van der Waals surface area (Å²) in [6.45, 7) is 5.39. The van der Waals surface area contributed by atoms with Crippen molar-refractivity contribution in [3.8, 4) is 0 Å². The third-order valence-corrected chi connectivity index (χ3v) is 3.55. The summed E-state index contributed by atoms with van der Waals surface area (Å²) in [5.74, 6) is 1.30. The second-order valence-electron chi connectivity index (χ2n) is 4.44. The van der Waals surface area contributed by atoms with Gasteiger partial charge in [0.25, 0.3) is 0 Å². The number of ether oxygens (including phenoxy) is 1. The molecule has 1 saturated carbocycles. The third kappa shape index (κ3) is 3.41. The highest BCUT2D eigenvalue weighted by molar-refractivity contribution is 7.09. The first kappa shape index (κ1) is 13.3. The first-order valence-corrected chi connectivity index (χ1v) is 7.26. The summed E-state index contributed by atoms with van der Waals surface area (Å²) >= 11 is 1.38. The smallest absolute Gasteiger partial charge is 0.325 e. The van der Waals surface area contributed by atoms with Crippen molar-refractivity contribution in [3.05, 3.63) is 5.82 Å². The Bertz CT molecular complexity index is 404. The summed E-state index contributed by atoms with van der Waals surface area (Å²) in [6, 6.07) is 0. The quantitative estimate of drug-likeness (QED) is 0.710. The lowest BCUT2D eigenvalue weighted by atomic mass is 10.4. The van der Waals surface area contributed by atoms with E-state index in [1.165, 1.54) is 24.4 Å². The molecule has 1 aliphatic rings. The van der Waals surface area contributed by atoms with Crippen LogP contribution in [0.2, 0.25) is 0 Å². The molecule has 2 rings (SSSR count). The number of esters is 1. The second-order valence-corrected chi connectivity index (χ2v) is 5.17. The summed E-state index contributed by atoms with van der Waals surface area (Å²) in [4.78, 5) is 18.0. The van der Waals surface area contributed by atoms with E-state index in [0.717, 1.165) is 23.9 Å². The van der Waals surface area contributed by atoms with Crippen LogP contribution in [0.3, 0.4) is 0 Å². The lowest BCUT2D eigenvalue weighted by molar-refractivity contribution is -0.141. The lowest BCUT2D eigenvalue weighted by Gasteiger charge is -2.19. The molecule has 1 heterocycles. The Morgan fingerprint density at radius 3 is 2.89 bits per heavy atom. The van der Waals surface area contributed by atoms with Crippen LogP contribution in [0.4, 0.5) is 5.13 Å². The fraction of sp³-hybridized carbons (Fsp3) is 0.750. The largest absolute Gasteiger partial charge is 0.465 e. The Balaban J connectivity index is 2.00. The van der Waals surface area contributed by atoms with Gasteiger partial charge in [0.2, 0.25) is 5.13 Å². The molecule has 100 valence electrons. The van der Waals surface area contributed by atoms with Gasteiger partial charge in [-0.25, -0.2) is 4.98 Å². The van der Waals surface area contributed by atoms with Gasteiger partial charge < -0.3 is 9.64 Å². The molecule has 0 saturated heterocycles. The van der Waals surface area contributed by atoms with Crippen LogP contribution in [0.5, 0.6) is 0 Å². The zero-order valence-electron chi connectivity index (χ0n) is 10.9. The average molecular weight is 269 g/mol. The molecule has 1 fully saturated rings. The van der Waals surface area contributed by atoms with E-state index in [2.05, 4.69) is 16.3 Å². The van der Waals surface area contributed by atoms with Gasteiger partial charge in [0.05, 0.1) is 6.61 Å². The number of anilines is 1. The number of hydrogen-bond acceptors (Lipinski definition) is 6. The number of carbonyl (C=O) groups excluding carboxylic acids is 1. The zero-order chi connectivity index (χ0) is 13.0. The van der Waals surface area contributed by atoms with Crippen molar-refractivity contribution in [1.82, 2.24) is 9.36 Å². The van der Waals surface area contributed by atoms with Crippen LogP contribution in [0.15, 0.2) is 0 Å². The van der Waals surface area contributed by atoms with E-state index in [4.69, 9.17) is 4.74 Å². The van der Waals surface area contributed by atoms with Gasteiger partial charge in [0.1, 0.15) is 12.4 Å². The van der Waals surface area contributed by atoms with Crippen molar-refractivity contribution in [2.24, 2.45) is 0 Å². The van der Waals surface area contributed by atoms with E-state index in [1.807, 2.05) is 11.8 Å². The number of carbonyl (C=O) groups is 1. The maximum absolute atomic E-state index is 11.5. The Kier molecular flexibility index (Phi) is 4.52. The molecule has 1 aromatic rings. The Labute approximate surface area is 111 Å². The lowest BCUT2D eigenvalue weighted by Crippen LogP contribution is -2.31. The number of hydrogen-bond donors (Lipinski definition) is 0. The molecule has 1 aliphatic carbocycles. The van der Waals surface area contributed by atoms with Crippen molar-refractivity contribution in [2.45, 2.75) is 39.0 Å². The monoisotopic (exact) mass is 269 g/mol. The fourth-order valence-corrected chi connectivity index (χ4v) is 2.51. The van der Waals surface area contributed by atoms with Gasteiger partial charge >= 0.3 is 5.97 Å². The van der Waals surface area contributed by atoms with E-state index in [9.17, 15) is 4.79 Å². The third-order valence-electron chi connectivity index (χ3n) is 2.76. The standard InChI is InChI=1S/C12H19N3O2S/c1-3-7-15(8-10(16)17-4-2)12-13-11(14-18-12)9-5-6-9/h9H,3-8H2,1-2H3. The molecule has 0 N–H and O–H groups in total.